The van der Waals surface area contributed by atoms with Crippen LogP contribution in [0.1, 0.15) is 23.0 Å². The summed E-state index contributed by atoms with van der Waals surface area (Å²) in [7, 11) is 0. The molecule has 0 fully saturated rings. The number of fused-ring (bicyclic) bond motifs is 1. The van der Waals surface area contributed by atoms with E-state index in [4.69, 9.17) is 4.42 Å². The summed E-state index contributed by atoms with van der Waals surface area (Å²) in [6, 6.07) is 8.09. The van der Waals surface area contributed by atoms with Gasteiger partial charge in [0.1, 0.15) is 23.8 Å². The summed E-state index contributed by atoms with van der Waals surface area (Å²) >= 11 is 0. The third-order valence-electron chi connectivity index (χ3n) is 3.59. The molecule has 3 aromatic rings. The second kappa shape index (κ2) is 6.07. The van der Waals surface area contributed by atoms with Crippen molar-refractivity contribution in [3.05, 3.63) is 59.4 Å². The molecule has 5 nitrogen and oxygen atoms in total. The van der Waals surface area contributed by atoms with E-state index in [-0.39, 0.29) is 12.1 Å². The highest BCUT2D eigenvalue weighted by Crippen LogP contribution is 2.29. The summed E-state index contributed by atoms with van der Waals surface area (Å²) < 4.78 is 18.9. The molecule has 23 heavy (non-hydrogen) atoms. The average molecular weight is 311 g/mol. The lowest BCUT2D eigenvalue weighted by Gasteiger charge is -2.14. The molecule has 2 heterocycles. The van der Waals surface area contributed by atoms with Gasteiger partial charge in [0.2, 0.25) is 0 Å². The van der Waals surface area contributed by atoms with E-state index in [0.717, 1.165) is 0 Å². The lowest BCUT2D eigenvalue weighted by atomic mass is 10.1. The highest BCUT2D eigenvalue weighted by molar-refractivity contribution is 5.95. The van der Waals surface area contributed by atoms with E-state index in [0.29, 0.717) is 27.9 Å². The highest BCUT2D eigenvalue weighted by atomic mass is 19.1. The van der Waals surface area contributed by atoms with E-state index in [1.54, 1.807) is 19.1 Å². The van der Waals surface area contributed by atoms with Crippen molar-refractivity contribution in [1.29, 1.82) is 5.26 Å². The SMILES string of the molecule is Cc1cc(F)cc2c(NCC(O)c3ccco3)c(C#N)cnc12. The number of aromatic nitrogens is 1. The number of rotatable bonds is 4. The Morgan fingerprint density at radius 1 is 1.48 bits per heavy atom. The van der Waals surface area contributed by atoms with Crippen molar-refractivity contribution in [2.45, 2.75) is 13.0 Å². The molecule has 0 spiro atoms. The summed E-state index contributed by atoms with van der Waals surface area (Å²) in [5.41, 5.74) is 2.03. The smallest absolute Gasteiger partial charge is 0.134 e. The van der Waals surface area contributed by atoms with Crippen LogP contribution < -0.4 is 5.32 Å². The zero-order valence-corrected chi connectivity index (χ0v) is 12.4. The fourth-order valence-electron chi connectivity index (χ4n) is 2.49. The molecule has 0 saturated carbocycles. The third-order valence-corrected chi connectivity index (χ3v) is 3.59. The standard InChI is InChI=1S/C17H14FN3O2/c1-10-5-12(18)6-13-16(10)20-8-11(7-19)17(13)21-9-14(22)15-3-2-4-23-15/h2-6,8,14,22H,9H2,1H3,(H,20,21). The first kappa shape index (κ1) is 15.0. The molecule has 0 aliphatic heterocycles. The molecule has 1 aromatic carbocycles. The number of aliphatic hydroxyl groups excluding tert-OH is 1. The monoisotopic (exact) mass is 311 g/mol. The van der Waals surface area contributed by atoms with Crippen molar-refractivity contribution in [3.8, 4) is 6.07 Å². The summed E-state index contributed by atoms with van der Waals surface area (Å²) in [6.45, 7) is 1.88. The Labute approximate surface area is 132 Å². The number of hydrogen-bond donors (Lipinski definition) is 2. The van der Waals surface area contributed by atoms with Crippen LogP contribution in [0.2, 0.25) is 0 Å². The first-order valence-corrected chi connectivity index (χ1v) is 7.04. The molecule has 6 heteroatoms. The van der Waals surface area contributed by atoms with Crippen molar-refractivity contribution in [2.75, 3.05) is 11.9 Å². The van der Waals surface area contributed by atoms with Gasteiger partial charge in [-0.3, -0.25) is 4.98 Å². The van der Waals surface area contributed by atoms with Gasteiger partial charge in [-0.15, -0.1) is 0 Å². The number of nitrogens with one attached hydrogen (secondary N) is 1. The summed E-state index contributed by atoms with van der Waals surface area (Å²) in [5.74, 6) is 0.0123. The number of aliphatic hydroxyl groups is 1. The summed E-state index contributed by atoms with van der Waals surface area (Å²) in [6.07, 6.45) is 2.03. The first-order chi connectivity index (χ1) is 11.1. The number of halogens is 1. The normalized spacial score (nSPS) is 12.1. The Hall–Kier alpha value is -2.91. The molecule has 0 aliphatic carbocycles. The number of nitriles is 1. The van der Waals surface area contributed by atoms with Crippen LogP contribution in [0, 0.1) is 24.1 Å². The second-order valence-corrected chi connectivity index (χ2v) is 5.19. The second-order valence-electron chi connectivity index (χ2n) is 5.19. The van der Waals surface area contributed by atoms with Gasteiger partial charge in [0.15, 0.2) is 0 Å². The van der Waals surface area contributed by atoms with Crippen LogP contribution in [0.3, 0.4) is 0 Å². The molecule has 116 valence electrons. The van der Waals surface area contributed by atoms with Gasteiger partial charge in [0.05, 0.1) is 23.0 Å². The van der Waals surface area contributed by atoms with Crippen molar-refractivity contribution in [1.82, 2.24) is 4.98 Å². The fourth-order valence-corrected chi connectivity index (χ4v) is 2.49. The van der Waals surface area contributed by atoms with E-state index in [1.807, 2.05) is 6.07 Å². The molecule has 1 unspecified atom stereocenters. The van der Waals surface area contributed by atoms with Crippen molar-refractivity contribution >= 4 is 16.6 Å². The average Bonchev–Trinajstić information content (AvgIpc) is 3.06. The maximum absolute atomic E-state index is 13.7. The van der Waals surface area contributed by atoms with Crippen LogP contribution in [0.5, 0.6) is 0 Å². The first-order valence-electron chi connectivity index (χ1n) is 7.04. The molecule has 0 radical (unpaired) electrons. The Balaban J connectivity index is 2.00. The molecule has 1 atom stereocenters. The maximum Gasteiger partial charge on any atom is 0.134 e. The minimum Gasteiger partial charge on any atom is -0.467 e. The minimum absolute atomic E-state index is 0.122. The quantitative estimate of drug-likeness (QED) is 0.772. The van der Waals surface area contributed by atoms with Gasteiger partial charge in [-0.1, -0.05) is 0 Å². The predicted octanol–water partition coefficient (Wildman–Crippen LogP) is 3.29. The number of aryl methyl sites for hydroxylation is 1. The maximum atomic E-state index is 13.7. The molecule has 2 aromatic heterocycles. The highest BCUT2D eigenvalue weighted by Gasteiger charge is 2.15. The number of pyridine rings is 1. The number of benzene rings is 1. The van der Waals surface area contributed by atoms with Crippen LogP contribution in [0.15, 0.2) is 41.1 Å². The van der Waals surface area contributed by atoms with Gasteiger partial charge in [0, 0.05) is 18.1 Å². The Kier molecular flexibility index (Phi) is 3.96. The zero-order chi connectivity index (χ0) is 16.4. The molecular weight excluding hydrogens is 297 g/mol. The number of nitrogens with zero attached hydrogens (tertiary/aromatic N) is 2. The van der Waals surface area contributed by atoms with Crippen LogP contribution in [0.4, 0.5) is 10.1 Å². The molecule has 0 amide bonds. The van der Waals surface area contributed by atoms with Crippen LogP contribution in [0.25, 0.3) is 10.9 Å². The summed E-state index contributed by atoms with van der Waals surface area (Å²) in [5, 5.41) is 22.9. The summed E-state index contributed by atoms with van der Waals surface area (Å²) in [4.78, 5) is 4.22. The Bertz CT molecular complexity index is 885. The lowest BCUT2D eigenvalue weighted by Crippen LogP contribution is -2.13. The lowest BCUT2D eigenvalue weighted by molar-refractivity contribution is 0.162. The van der Waals surface area contributed by atoms with Crippen molar-refractivity contribution in [3.63, 3.8) is 0 Å². The van der Waals surface area contributed by atoms with E-state index in [2.05, 4.69) is 10.3 Å². The molecule has 0 bridgehead atoms. The van der Waals surface area contributed by atoms with E-state index in [1.165, 1.54) is 24.6 Å². The fraction of sp³-hybridized carbons (Fsp3) is 0.176. The van der Waals surface area contributed by atoms with Crippen LogP contribution in [-0.2, 0) is 0 Å². The topological polar surface area (TPSA) is 82.1 Å². The minimum atomic E-state index is -0.880. The van der Waals surface area contributed by atoms with Gasteiger partial charge in [0.25, 0.3) is 0 Å². The molecular formula is C17H14FN3O2. The Morgan fingerprint density at radius 2 is 2.30 bits per heavy atom. The molecule has 0 saturated heterocycles. The Morgan fingerprint density at radius 3 is 3.00 bits per heavy atom. The van der Waals surface area contributed by atoms with E-state index in [9.17, 15) is 14.8 Å². The van der Waals surface area contributed by atoms with Crippen molar-refractivity contribution in [2.24, 2.45) is 0 Å². The van der Waals surface area contributed by atoms with Gasteiger partial charge in [-0.25, -0.2) is 4.39 Å². The number of hydrogen-bond acceptors (Lipinski definition) is 5. The third kappa shape index (κ3) is 2.87. The molecule has 0 aliphatic rings. The van der Waals surface area contributed by atoms with Gasteiger partial charge < -0.3 is 14.8 Å². The largest absolute Gasteiger partial charge is 0.467 e. The van der Waals surface area contributed by atoms with E-state index < -0.39 is 11.9 Å². The molecule has 3 rings (SSSR count). The molecule has 2 N–H and O–H groups in total. The van der Waals surface area contributed by atoms with Gasteiger partial charge in [-0.05, 0) is 36.8 Å². The van der Waals surface area contributed by atoms with Gasteiger partial charge >= 0.3 is 0 Å². The zero-order valence-electron chi connectivity index (χ0n) is 12.4. The van der Waals surface area contributed by atoms with E-state index >= 15 is 0 Å². The van der Waals surface area contributed by atoms with Crippen LogP contribution >= 0.6 is 0 Å². The number of anilines is 1. The van der Waals surface area contributed by atoms with Gasteiger partial charge in [-0.2, -0.15) is 5.26 Å². The predicted molar refractivity (Wildman–Crippen MR) is 83.3 cm³/mol. The van der Waals surface area contributed by atoms with Crippen molar-refractivity contribution < 1.29 is 13.9 Å². The number of furan rings is 1. The van der Waals surface area contributed by atoms with Crippen LogP contribution in [-0.4, -0.2) is 16.6 Å².